The molecule has 2 N–H and O–H groups in total. The lowest BCUT2D eigenvalue weighted by Gasteiger charge is -2.39. The zero-order valence-corrected chi connectivity index (χ0v) is 18.9. The Kier molecular flexibility index (Phi) is 7.86. The van der Waals surface area contributed by atoms with Crippen LogP contribution in [-0.4, -0.2) is 36.6 Å². The molecule has 2 saturated carbocycles. The number of nitrogens with one attached hydrogen (secondary N) is 1. The molecule has 0 amide bonds. The van der Waals surface area contributed by atoms with E-state index in [9.17, 15) is 13.9 Å². The summed E-state index contributed by atoms with van der Waals surface area (Å²) in [7, 11) is 0. The highest BCUT2D eigenvalue weighted by Gasteiger charge is 2.37. The van der Waals surface area contributed by atoms with E-state index in [4.69, 9.17) is 4.74 Å². The summed E-state index contributed by atoms with van der Waals surface area (Å²) in [4.78, 5) is 0. The van der Waals surface area contributed by atoms with Crippen LogP contribution >= 0.6 is 0 Å². The summed E-state index contributed by atoms with van der Waals surface area (Å²) in [6.45, 7) is 3.90. The van der Waals surface area contributed by atoms with Crippen molar-refractivity contribution in [3.05, 3.63) is 35.3 Å². The van der Waals surface area contributed by atoms with Gasteiger partial charge in [-0.05, 0) is 73.8 Å². The molecule has 1 heterocycles. The van der Waals surface area contributed by atoms with E-state index in [1.807, 2.05) is 0 Å². The van der Waals surface area contributed by atoms with Crippen molar-refractivity contribution in [3.63, 3.8) is 0 Å². The first-order valence-electron chi connectivity index (χ1n) is 12.5. The van der Waals surface area contributed by atoms with Crippen molar-refractivity contribution in [2.75, 3.05) is 13.2 Å². The second-order valence-electron chi connectivity index (χ2n) is 10.3. The molecule has 3 nitrogen and oxygen atoms in total. The van der Waals surface area contributed by atoms with Gasteiger partial charge in [-0.1, -0.05) is 38.3 Å². The molecule has 0 aromatic rings. The summed E-state index contributed by atoms with van der Waals surface area (Å²) >= 11 is 0. The summed E-state index contributed by atoms with van der Waals surface area (Å²) < 4.78 is 33.4. The van der Waals surface area contributed by atoms with Crippen LogP contribution in [0.4, 0.5) is 8.78 Å². The van der Waals surface area contributed by atoms with Crippen molar-refractivity contribution in [1.82, 2.24) is 5.32 Å². The van der Waals surface area contributed by atoms with Gasteiger partial charge in [0.25, 0.3) is 0 Å². The minimum absolute atomic E-state index is 0.0172. The Hall–Kier alpha value is -1.20. The SMILES string of the molecule is CC1CC=C(C2=CC=C(F)C(F)C2)NCC1C1CCC(OCC2CCCCC2)C(O)C1. The Morgan fingerprint density at radius 2 is 1.94 bits per heavy atom. The van der Waals surface area contributed by atoms with Crippen molar-refractivity contribution in [1.29, 1.82) is 0 Å². The van der Waals surface area contributed by atoms with Crippen LogP contribution in [0.15, 0.2) is 35.3 Å². The molecule has 6 atom stereocenters. The number of hydrogen-bond acceptors (Lipinski definition) is 3. The van der Waals surface area contributed by atoms with Crippen LogP contribution in [0.5, 0.6) is 0 Å². The zero-order valence-electron chi connectivity index (χ0n) is 18.9. The van der Waals surface area contributed by atoms with Crippen molar-refractivity contribution in [3.8, 4) is 0 Å². The quantitative estimate of drug-likeness (QED) is 0.577. The zero-order chi connectivity index (χ0) is 21.8. The highest BCUT2D eigenvalue weighted by Crippen LogP contribution is 2.39. The maximum absolute atomic E-state index is 13.8. The fraction of sp³-hybridized carbons (Fsp3) is 0.769. The molecule has 2 fully saturated rings. The summed E-state index contributed by atoms with van der Waals surface area (Å²) in [6, 6.07) is 0. The van der Waals surface area contributed by atoms with Crippen LogP contribution < -0.4 is 5.32 Å². The minimum atomic E-state index is -1.53. The lowest BCUT2D eigenvalue weighted by atomic mass is 9.72. The van der Waals surface area contributed by atoms with Gasteiger partial charge in [0.2, 0.25) is 0 Å². The Bertz CT molecular complexity index is 698. The minimum Gasteiger partial charge on any atom is -0.390 e. The molecule has 0 radical (unpaired) electrons. The Balaban J connectivity index is 1.28. The van der Waals surface area contributed by atoms with Crippen LogP contribution in [0.25, 0.3) is 0 Å². The van der Waals surface area contributed by atoms with Crippen molar-refractivity contribution >= 4 is 0 Å². The molecule has 31 heavy (non-hydrogen) atoms. The molecule has 0 bridgehead atoms. The average Bonchev–Trinajstić information content (AvgIpc) is 2.97. The number of allylic oxidation sites excluding steroid dienone is 5. The van der Waals surface area contributed by atoms with Crippen molar-refractivity contribution in [2.45, 2.75) is 89.5 Å². The number of ether oxygens (including phenoxy) is 1. The van der Waals surface area contributed by atoms with Gasteiger partial charge in [-0.25, -0.2) is 8.78 Å². The number of rotatable bonds is 5. The molecule has 4 rings (SSSR count). The van der Waals surface area contributed by atoms with Crippen LogP contribution in [0.3, 0.4) is 0 Å². The van der Waals surface area contributed by atoms with Gasteiger partial charge in [-0.15, -0.1) is 0 Å². The molecule has 174 valence electrons. The third-order valence-corrected chi connectivity index (χ3v) is 8.11. The molecule has 0 spiro atoms. The van der Waals surface area contributed by atoms with E-state index in [0.29, 0.717) is 23.7 Å². The van der Waals surface area contributed by atoms with Crippen LogP contribution in [0, 0.1) is 23.7 Å². The third-order valence-electron chi connectivity index (χ3n) is 8.11. The molecular formula is C26H39F2NO2. The number of halogens is 2. The normalized spacial score (nSPS) is 37.9. The first-order chi connectivity index (χ1) is 15.0. The molecule has 3 aliphatic carbocycles. The molecule has 5 heteroatoms. The van der Waals surface area contributed by atoms with E-state index in [2.05, 4.69) is 18.3 Å². The van der Waals surface area contributed by atoms with Gasteiger partial charge >= 0.3 is 0 Å². The fourth-order valence-electron chi connectivity index (χ4n) is 6.05. The Labute approximate surface area is 186 Å². The van der Waals surface area contributed by atoms with Gasteiger partial charge in [0.1, 0.15) is 5.83 Å². The lowest BCUT2D eigenvalue weighted by Crippen LogP contribution is -2.42. The monoisotopic (exact) mass is 435 g/mol. The van der Waals surface area contributed by atoms with Crippen molar-refractivity contribution in [2.24, 2.45) is 23.7 Å². The number of hydrogen-bond donors (Lipinski definition) is 2. The molecular weight excluding hydrogens is 396 g/mol. The number of alkyl halides is 1. The average molecular weight is 436 g/mol. The standard InChI is InChI=1S/C26H39F2NO2/c1-17-7-11-24(20-8-10-22(27)23(28)13-20)29-15-21(17)19-9-12-26(25(30)14-19)31-16-18-5-3-2-4-6-18/h8,10-11,17-19,21,23,25-26,29-30H,2-7,9,12-16H2,1H3. The van der Waals surface area contributed by atoms with Gasteiger partial charge in [0.05, 0.1) is 12.2 Å². The van der Waals surface area contributed by atoms with E-state index in [0.717, 1.165) is 50.1 Å². The van der Waals surface area contributed by atoms with Crippen LogP contribution in [-0.2, 0) is 4.74 Å². The summed E-state index contributed by atoms with van der Waals surface area (Å²) in [5.41, 5.74) is 1.80. The highest BCUT2D eigenvalue weighted by molar-refractivity contribution is 5.38. The van der Waals surface area contributed by atoms with Gasteiger partial charge < -0.3 is 15.2 Å². The van der Waals surface area contributed by atoms with E-state index >= 15 is 0 Å². The Morgan fingerprint density at radius 1 is 1.13 bits per heavy atom. The maximum Gasteiger partial charge on any atom is 0.155 e. The third kappa shape index (κ3) is 5.78. The topological polar surface area (TPSA) is 41.5 Å². The van der Waals surface area contributed by atoms with Gasteiger partial charge in [-0.2, -0.15) is 0 Å². The van der Waals surface area contributed by atoms with Crippen molar-refractivity contribution < 1.29 is 18.6 Å². The molecule has 4 aliphatic rings. The smallest absolute Gasteiger partial charge is 0.155 e. The van der Waals surface area contributed by atoms with E-state index in [-0.39, 0.29) is 18.6 Å². The largest absolute Gasteiger partial charge is 0.390 e. The summed E-state index contributed by atoms with van der Waals surface area (Å²) in [5, 5.41) is 14.3. The Morgan fingerprint density at radius 3 is 2.68 bits per heavy atom. The first kappa shape index (κ1) is 23.0. The molecule has 0 aromatic heterocycles. The van der Waals surface area contributed by atoms with E-state index in [1.165, 1.54) is 38.2 Å². The maximum atomic E-state index is 13.8. The number of aliphatic hydroxyl groups is 1. The second kappa shape index (κ2) is 10.6. The number of aliphatic hydroxyl groups excluding tert-OH is 1. The highest BCUT2D eigenvalue weighted by atomic mass is 19.2. The molecule has 0 saturated heterocycles. The van der Waals surface area contributed by atoms with Gasteiger partial charge in [0, 0.05) is 25.3 Å². The predicted molar refractivity (Wildman–Crippen MR) is 120 cm³/mol. The van der Waals surface area contributed by atoms with Gasteiger partial charge in [-0.3, -0.25) is 0 Å². The van der Waals surface area contributed by atoms with E-state index < -0.39 is 12.0 Å². The van der Waals surface area contributed by atoms with Crippen LogP contribution in [0.1, 0.15) is 71.1 Å². The molecule has 0 aromatic carbocycles. The van der Waals surface area contributed by atoms with E-state index in [1.54, 1.807) is 6.08 Å². The van der Waals surface area contributed by atoms with Crippen LogP contribution in [0.2, 0.25) is 0 Å². The lowest BCUT2D eigenvalue weighted by molar-refractivity contribution is -0.0892. The first-order valence-corrected chi connectivity index (χ1v) is 12.5. The fourth-order valence-corrected chi connectivity index (χ4v) is 6.05. The summed E-state index contributed by atoms with van der Waals surface area (Å²) in [5.74, 6) is 1.41. The molecule has 6 unspecified atom stereocenters. The van der Waals surface area contributed by atoms with Gasteiger partial charge in [0.15, 0.2) is 6.17 Å². The predicted octanol–water partition coefficient (Wildman–Crippen LogP) is 5.76. The molecule has 1 aliphatic heterocycles. The second-order valence-corrected chi connectivity index (χ2v) is 10.3. The summed E-state index contributed by atoms with van der Waals surface area (Å²) in [6.07, 6.45) is 13.5.